The van der Waals surface area contributed by atoms with Crippen molar-refractivity contribution in [3.05, 3.63) is 54.0 Å². The molecule has 2 heterocycles. The first kappa shape index (κ1) is 23.9. The Morgan fingerprint density at radius 3 is 2.29 bits per heavy atom. The minimum absolute atomic E-state index is 0.247. The van der Waals surface area contributed by atoms with Crippen LogP contribution in [0.5, 0.6) is 17.2 Å². The number of likely N-dealkylation sites (tertiary alicyclic amines) is 1. The third kappa shape index (κ3) is 5.80. The molecule has 0 saturated carbocycles. The van der Waals surface area contributed by atoms with Crippen molar-refractivity contribution in [1.82, 2.24) is 9.88 Å². The quantitative estimate of drug-likeness (QED) is 0.428. The molecule has 1 aromatic heterocycles. The fourth-order valence-electron chi connectivity index (χ4n) is 4.14. The van der Waals surface area contributed by atoms with Crippen LogP contribution < -0.4 is 19.5 Å². The molecule has 2 aromatic carbocycles. The SMILES string of the molecule is CCOc1cc(CN2CCC(Nc3ncc(-c4ccc(OC)cc4)o3)CC2)cc(OCC)c1F. The minimum Gasteiger partial charge on any atom is -0.497 e. The predicted octanol–water partition coefficient (Wildman–Crippen LogP) is 5.36. The molecule has 0 spiro atoms. The van der Waals surface area contributed by atoms with Gasteiger partial charge in [-0.2, -0.15) is 4.39 Å². The number of anilines is 1. The molecular weight excluding hydrogens is 437 g/mol. The van der Waals surface area contributed by atoms with E-state index in [1.165, 1.54) is 0 Å². The first-order valence-corrected chi connectivity index (χ1v) is 11.8. The number of methoxy groups -OCH3 is 1. The number of nitrogens with zero attached hydrogens (tertiary/aromatic N) is 2. The molecule has 1 fully saturated rings. The van der Waals surface area contributed by atoms with E-state index in [0.29, 0.717) is 31.5 Å². The number of hydrogen-bond acceptors (Lipinski definition) is 7. The van der Waals surface area contributed by atoms with Crippen LogP contribution in [-0.4, -0.2) is 49.3 Å². The molecule has 1 aliphatic rings. The monoisotopic (exact) mass is 469 g/mol. The second-order valence-corrected chi connectivity index (χ2v) is 8.23. The fraction of sp³-hybridized carbons (Fsp3) is 0.423. The van der Waals surface area contributed by atoms with E-state index in [1.54, 1.807) is 25.4 Å². The van der Waals surface area contributed by atoms with Gasteiger partial charge in [0, 0.05) is 31.2 Å². The Morgan fingerprint density at radius 1 is 1.06 bits per heavy atom. The van der Waals surface area contributed by atoms with Crippen molar-refractivity contribution < 1.29 is 23.0 Å². The summed E-state index contributed by atoms with van der Waals surface area (Å²) in [5, 5.41) is 3.42. The van der Waals surface area contributed by atoms with Crippen molar-refractivity contribution in [1.29, 1.82) is 0 Å². The van der Waals surface area contributed by atoms with Crippen molar-refractivity contribution in [3.63, 3.8) is 0 Å². The molecule has 1 aliphatic heterocycles. The van der Waals surface area contributed by atoms with Gasteiger partial charge in [0.25, 0.3) is 6.01 Å². The second-order valence-electron chi connectivity index (χ2n) is 8.23. The maximum absolute atomic E-state index is 14.5. The van der Waals surface area contributed by atoms with E-state index < -0.39 is 5.82 Å². The van der Waals surface area contributed by atoms with Crippen LogP contribution in [0.3, 0.4) is 0 Å². The highest BCUT2D eigenvalue weighted by Crippen LogP contribution is 2.31. The molecule has 3 aromatic rings. The maximum atomic E-state index is 14.5. The molecule has 34 heavy (non-hydrogen) atoms. The highest BCUT2D eigenvalue weighted by Gasteiger charge is 2.22. The normalized spacial score (nSPS) is 14.7. The number of hydrogen-bond donors (Lipinski definition) is 1. The Bertz CT molecular complexity index is 1040. The van der Waals surface area contributed by atoms with E-state index in [0.717, 1.165) is 42.8 Å². The molecule has 0 unspecified atom stereocenters. The maximum Gasteiger partial charge on any atom is 0.295 e. The zero-order valence-corrected chi connectivity index (χ0v) is 20.0. The molecule has 1 N–H and O–H groups in total. The first-order valence-electron chi connectivity index (χ1n) is 11.8. The number of benzene rings is 2. The molecule has 1 saturated heterocycles. The van der Waals surface area contributed by atoms with Crippen molar-refractivity contribution >= 4 is 6.01 Å². The molecule has 182 valence electrons. The summed E-state index contributed by atoms with van der Waals surface area (Å²) < 4.78 is 36.6. The molecule has 0 bridgehead atoms. The Kier molecular flexibility index (Phi) is 7.90. The zero-order chi connectivity index (χ0) is 23.9. The van der Waals surface area contributed by atoms with E-state index in [4.69, 9.17) is 18.6 Å². The third-order valence-electron chi connectivity index (χ3n) is 5.87. The van der Waals surface area contributed by atoms with E-state index in [-0.39, 0.29) is 17.5 Å². The zero-order valence-electron chi connectivity index (χ0n) is 20.0. The van der Waals surface area contributed by atoms with Gasteiger partial charge in [0.05, 0.1) is 26.5 Å². The molecule has 7 nitrogen and oxygen atoms in total. The number of halogens is 1. The molecule has 0 radical (unpaired) electrons. The number of rotatable bonds is 10. The van der Waals surface area contributed by atoms with Crippen LogP contribution in [0, 0.1) is 5.82 Å². The third-order valence-corrected chi connectivity index (χ3v) is 5.87. The highest BCUT2D eigenvalue weighted by atomic mass is 19.1. The van der Waals surface area contributed by atoms with Crippen molar-refractivity contribution in [2.24, 2.45) is 0 Å². The molecule has 0 aliphatic carbocycles. The van der Waals surface area contributed by atoms with E-state index in [1.807, 2.05) is 38.1 Å². The Labute approximate surface area is 199 Å². The molecule has 0 amide bonds. The lowest BCUT2D eigenvalue weighted by Gasteiger charge is -2.32. The summed E-state index contributed by atoms with van der Waals surface area (Å²) >= 11 is 0. The Balaban J connectivity index is 1.32. The van der Waals surface area contributed by atoms with Crippen molar-refractivity contribution in [2.75, 3.05) is 38.7 Å². The van der Waals surface area contributed by atoms with Gasteiger partial charge < -0.3 is 23.9 Å². The highest BCUT2D eigenvalue weighted by molar-refractivity contribution is 5.58. The summed E-state index contributed by atoms with van der Waals surface area (Å²) in [7, 11) is 1.65. The summed E-state index contributed by atoms with van der Waals surface area (Å²) in [4.78, 5) is 6.75. The second kappa shape index (κ2) is 11.2. The van der Waals surface area contributed by atoms with Crippen molar-refractivity contribution in [3.8, 4) is 28.6 Å². The largest absolute Gasteiger partial charge is 0.497 e. The van der Waals surface area contributed by atoms with Crippen LogP contribution in [0.1, 0.15) is 32.3 Å². The van der Waals surface area contributed by atoms with E-state index in [9.17, 15) is 4.39 Å². The standard InChI is InChI=1S/C26H32FN3O4/c1-4-32-22-14-18(15-23(25(22)27)33-5-2)17-30-12-10-20(11-13-30)29-26-28-16-24(34-26)19-6-8-21(31-3)9-7-19/h6-9,14-16,20H,4-5,10-13,17H2,1-3H3,(H,28,29). The van der Waals surface area contributed by atoms with Gasteiger partial charge in [0.15, 0.2) is 17.3 Å². The van der Waals surface area contributed by atoms with E-state index >= 15 is 0 Å². The fourth-order valence-corrected chi connectivity index (χ4v) is 4.14. The summed E-state index contributed by atoms with van der Waals surface area (Å²) in [5.74, 6) is 1.58. The van der Waals surface area contributed by atoms with Crippen molar-refractivity contribution in [2.45, 2.75) is 39.3 Å². The summed E-state index contributed by atoms with van der Waals surface area (Å²) in [6.45, 7) is 7.04. The van der Waals surface area contributed by atoms with Crippen LogP contribution in [0.4, 0.5) is 10.4 Å². The van der Waals surface area contributed by atoms with Gasteiger partial charge in [-0.15, -0.1) is 0 Å². The summed E-state index contributed by atoms with van der Waals surface area (Å²) in [6.07, 6.45) is 3.65. The molecule has 0 atom stereocenters. The summed E-state index contributed by atoms with van der Waals surface area (Å²) in [5.41, 5.74) is 1.94. The number of piperidine rings is 1. The number of aromatic nitrogens is 1. The van der Waals surface area contributed by atoms with Crippen LogP contribution in [0.2, 0.25) is 0 Å². The van der Waals surface area contributed by atoms with Crippen LogP contribution >= 0.6 is 0 Å². The Morgan fingerprint density at radius 2 is 1.71 bits per heavy atom. The number of ether oxygens (including phenoxy) is 3. The average molecular weight is 470 g/mol. The van der Waals surface area contributed by atoms with Gasteiger partial charge in [0.1, 0.15) is 5.75 Å². The lowest BCUT2D eigenvalue weighted by Crippen LogP contribution is -2.38. The van der Waals surface area contributed by atoms with Gasteiger partial charge in [-0.25, -0.2) is 4.98 Å². The molecule has 8 heteroatoms. The minimum atomic E-state index is -0.435. The van der Waals surface area contributed by atoms with Gasteiger partial charge in [-0.3, -0.25) is 4.90 Å². The van der Waals surface area contributed by atoms with Crippen LogP contribution in [0.25, 0.3) is 11.3 Å². The predicted molar refractivity (Wildman–Crippen MR) is 129 cm³/mol. The summed E-state index contributed by atoms with van der Waals surface area (Å²) in [6, 6.07) is 12.1. The van der Waals surface area contributed by atoms with Crippen LogP contribution in [-0.2, 0) is 6.54 Å². The Hall–Kier alpha value is -3.26. The molecule has 4 rings (SSSR count). The molecular formula is C26H32FN3O4. The van der Waals surface area contributed by atoms with Gasteiger partial charge >= 0.3 is 0 Å². The topological polar surface area (TPSA) is 69.0 Å². The average Bonchev–Trinajstić information content (AvgIpc) is 3.32. The van der Waals surface area contributed by atoms with Gasteiger partial charge in [-0.1, -0.05) is 0 Å². The number of oxazole rings is 1. The lowest BCUT2D eigenvalue weighted by molar-refractivity contribution is 0.209. The lowest BCUT2D eigenvalue weighted by atomic mass is 10.0. The number of nitrogens with one attached hydrogen (secondary N) is 1. The first-order chi connectivity index (χ1) is 16.6. The van der Waals surface area contributed by atoms with Gasteiger partial charge in [-0.05, 0) is 68.7 Å². The van der Waals surface area contributed by atoms with Gasteiger partial charge in [0.2, 0.25) is 5.82 Å². The van der Waals surface area contributed by atoms with Crippen LogP contribution in [0.15, 0.2) is 47.0 Å². The smallest absolute Gasteiger partial charge is 0.295 e. The van der Waals surface area contributed by atoms with E-state index in [2.05, 4.69) is 15.2 Å².